The number of pyridine rings is 1. The molecule has 2 N–H and O–H groups in total. The Labute approximate surface area is 133 Å². The molecule has 0 bridgehead atoms. The van der Waals surface area contributed by atoms with Gasteiger partial charge in [0.15, 0.2) is 0 Å². The lowest BCUT2D eigenvalue weighted by atomic mass is 9.85. The number of nitrogens with zero attached hydrogens (tertiary/aromatic N) is 2. The Hall–Kier alpha value is -2.83. The number of anilines is 1. The first-order valence-corrected chi connectivity index (χ1v) is 7.15. The van der Waals surface area contributed by atoms with Crippen molar-refractivity contribution in [3.05, 3.63) is 45.5 Å². The molecule has 2 heterocycles. The normalized spacial score (nSPS) is 14.9. The van der Waals surface area contributed by atoms with Crippen LogP contribution in [0.3, 0.4) is 0 Å². The zero-order valence-corrected chi connectivity index (χ0v) is 13.1. The Balaban J connectivity index is 2.01. The maximum absolute atomic E-state index is 10.8. The van der Waals surface area contributed by atoms with Crippen LogP contribution in [-0.2, 0) is 5.41 Å². The standard InChI is InChI=1S/C16H17N3O4/c1-9-4-6-11(13-14(9)22-8-16(13,2)3)23-12-7-5-10(19(20)21)15(17)18-12/h4-7H,8H2,1-3H3,(H2,17,18). The van der Waals surface area contributed by atoms with Crippen molar-refractivity contribution < 1.29 is 14.4 Å². The molecular formula is C16H17N3O4. The van der Waals surface area contributed by atoms with Crippen LogP contribution in [-0.4, -0.2) is 16.5 Å². The maximum Gasteiger partial charge on any atom is 0.311 e. The van der Waals surface area contributed by atoms with Gasteiger partial charge in [-0.3, -0.25) is 10.1 Å². The van der Waals surface area contributed by atoms with Crippen molar-refractivity contribution in [2.24, 2.45) is 0 Å². The van der Waals surface area contributed by atoms with Crippen molar-refractivity contribution in [2.45, 2.75) is 26.2 Å². The summed E-state index contributed by atoms with van der Waals surface area (Å²) in [6, 6.07) is 6.48. The number of nitrogen functional groups attached to an aromatic ring is 1. The number of aryl methyl sites for hydroxylation is 1. The number of hydrogen-bond acceptors (Lipinski definition) is 6. The molecule has 0 radical (unpaired) electrons. The van der Waals surface area contributed by atoms with E-state index in [-0.39, 0.29) is 22.8 Å². The van der Waals surface area contributed by atoms with Gasteiger partial charge < -0.3 is 15.2 Å². The Morgan fingerprint density at radius 3 is 2.74 bits per heavy atom. The quantitative estimate of drug-likeness (QED) is 0.688. The zero-order valence-electron chi connectivity index (χ0n) is 13.1. The Kier molecular flexibility index (Phi) is 3.35. The third-order valence-corrected chi connectivity index (χ3v) is 3.86. The lowest BCUT2D eigenvalue weighted by Gasteiger charge is -2.19. The molecule has 1 aromatic carbocycles. The molecule has 3 rings (SSSR count). The van der Waals surface area contributed by atoms with Gasteiger partial charge in [0.1, 0.15) is 11.5 Å². The molecule has 23 heavy (non-hydrogen) atoms. The maximum atomic E-state index is 10.8. The summed E-state index contributed by atoms with van der Waals surface area (Å²) in [6.07, 6.45) is 0. The van der Waals surface area contributed by atoms with Gasteiger partial charge in [0.2, 0.25) is 11.7 Å². The number of hydrogen-bond donors (Lipinski definition) is 1. The van der Waals surface area contributed by atoms with Gasteiger partial charge in [0.25, 0.3) is 0 Å². The number of fused-ring (bicyclic) bond motifs is 1. The number of rotatable bonds is 3. The van der Waals surface area contributed by atoms with Gasteiger partial charge >= 0.3 is 5.69 Å². The first-order chi connectivity index (χ1) is 10.8. The van der Waals surface area contributed by atoms with E-state index in [2.05, 4.69) is 18.8 Å². The molecule has 1 aromatic heterocycles. The van der Waals surface area contributed by atoms with Crippen LogP contribution in [0.25, 0.3) is 0 Å². The summed E-state index contributed by atoms with van der Waals surface area (Å²) in [4.78, 5) is 14.2. The van der Waals surface area contributed by atoms with E-state index in [0.717, 1.165) is 16.9 Å². The summed E-state index contributed by atoms with van der Waals surface area (Å²) in [5, 5.41) is 10.8. The van der Waals surface area contributed by atoms with Crippen LogP contribution < -0.4 is 15.2 Å². The summed E-state index contributed by atoms with van der Waals surface area (Å²) < 4.78 is 11.6. The molecule has 0 saturated heterocycles. The smallest absolute Gasteiger partial charge is 0.311 e. The SMILES string of the molecule is Cc1ccc(Oc2ccc([N+](=O)[O-])c(N)n2)c2c1OCC2(C)C. The third-order valence-electron chi connectivity index (χ3n) is 3.86. The lowest BCUT2D eigenvalue weighted by Crippen LogP contribution is -2.19. The van der Waals surface area contributed by atoms with Gasteiger partial charge in [0, 0.05) is 23.1 Å². The van der Waals surface area contributed by atoms with Crippen LogP contribution in [0.2, 0.25) is 0 Å². The summed E-state index contributed by atoms with van der Waals surface area (Å²) in [6.45, 7) is 6.69. The van der Waals surface area contributed by atoms with E-state index < -0.39 is 4.92 Å². The number of ether oxygens (including phenoxy) is 2. The molecule has 0 fully saturated rings. The Morgan fingerprint density at radius 1 is 1.35 bits per heavy atom. The summed E-state index contributed by atoms with van der Waals surface area (Å²) in [7, 11) is 0. The minimum Gasteiger partial charge on any atom is -0.492 e. The molecule has 0 atom stereocenters. The minimum absolute atomic E-state index is 0.174. The minimum atomic E-state index is -0.577. The van der Waals surface area contributed by atoms with Crippen molar-refractivity contribution in [3.8, 4) is 17.4 Å². The van der Waals surface area contributed by atoms with Gasteiger partial charge in [-0.05, 0) is 18.6 Å². The van der Waals surface area contributed by atoms with Crippen LogP contribution in [0.15, 0.2) is 24.3 Å². The van der Waals surface area contributed by atoms with Crippen molar-refractivity contribution >= 4 is 11.5 Å². The van der Waals surface area contributed by atoms with Crippen LogP contribution in [0.4, 0.5) is 11.5 Å². The number of nitro groups is 1. The molecule has 2 aromatic rings. The Bertz CT molecular complexity index is 802. The topological polar surface area (TPSA) is 101 Å². The molecule has 0 amide bonds. The van der Waals surface area contributed by atoms with Gasteiger partial charge in [-0.2, -0.15) is 4.98 Å². The largest absolute Gasteiger partial charge is 0.492 e. The average molecular weight is 315 g/mol. The third kappa shape index (κ3) is 2.54. The molecule has 7 nitrogen and oxygen atoms in total. The lowest BCUT2D eigenvalue weighted by molar-refractivity contribution is -0.384. The summed E-state index contributed by atoms with van der Waals surface area (Å²) >= 11 is 0. The van der Waals surface area contributed by atoms with E-state index in [1.165, 1.54) is 12.1 Å². The average Bonchev–Trinajstić information content (AvgIpc) is 2.79. The highest BCUT2D eigenvalue weighted by Gasteiger charge is 2.36. The van der Waals surface area contributed by atoms with Gasteiger partial charge in [0.05, 0.1) is 11.5 Å². The number of benzene rings is 1. The van der Waals surface area contributed by atoms with E-state index in [1.807, 2.05) is 19.1 Å². The Morgan fingerprint density at radius 2 is 2.09 bits per heavy atom. The van der Waals surface area contributed by atoms with Crippen molar-refractivity contribution in [1.82, 2.24) is 4.98 Å². The highest BCUT2D eigenvalue weighted by Crippen LogP contribution is 2.47. The van der Waals surface area contributed by atoms with Crippen LogP contribution in [0.1, 0.15) is 25.0 Å². The second kappa shape index (κ2) is 5.12. The fraction of sp³-hybridized carbons (Fsp3) is 0.312. The first-order valence-electron chi connectivity index (χ1n) is 7.15. The summed E-state index contributed by atoms with van der Waals surface area (Å²) in [5.74, 6) is 1.48. The molecule has 0 saturated carbocycles. The van der Waals surface area contributed by atoms with E-state index in [1.54, 1.807) is 0 Å². The predicted octanol–water partition coefficient (Wildman–Crippen LogP) is 3.34. The van der Waals surface area contributed by atoms with E-state index in [4.69, 9.17) is 15.2 Å². The second-order valence-corrected chi connectivity index (χ2v) is 6.17. The summed E-state index contributed by atoms with van der Waals surface area (Å²) in [5.41, 5.74) is 7.18. The van der Waals surface area contributed by atoms with E-state index in [0.29, 0.717) is 12.4 Å². The molecule has 1 aliphatic rings. The number of aromatic nitrogens is 1. The fourth-order valence-electron chi connectivity index (χ4n) is 2.68. The molecule has 1 aliphatic heterocycles. The predicted molar refractivity (Wildman–Crippen MR) is 85.1 cm³/mol. The van der Waals surface area contributed by atoms with Gasteiger partial charge in [-0.25, -0.2) is 0 Å². The van der Waals surface area contributed by atoms with Crippen LogP contribution in [0, 0.1) is 17.0 Å². The molecule has 0 unspecified atom stereocenters. The van der Waals surface area contributed by atoms with Gasteiger partial charge in [-0.1, -0.05) is 19.9 Å². The molecule has 0 spiro atoms. The van der Waals surface area contributed by atoms with Crippen LogP contribution >= 0.6 is 0 Å². The monoisotopic (exact) mass is 315 g/mol. The zero-order chi connectivity index (χ0) is 16.8. The first kappa shape index (κ1) is 15.1. The van der Waals surface area contributed by atoms with Crippen molar-refractivity contribution in [1.29, 1.82) is 0 Å². The highest BCUT2D eigenvalue weighted by atomic mass is 16.6. The molecule has 0 aliphatic carbocycles. The van der Waals surface area contributed by atoms with Crippen molar-refractivity contribution in [2.75, 3.05) is 12.3 Å². The van der Waals surface area contributed by atoms with Crippen molar-refractivity contribution in [3.63, 3.8) is 0 Å². The molecular weight excluding hydrogens is 298 g/mol. The van der Waals surface area contributed by atoms with E-state index in [9.17, 15) is 10.1 Å². The van der Waals surface area contributed by atoms with Crippen LogP contribution in [0.5, 0.6) is 17.4 Å². The van der Waals surface area contributed by atoms with Gasteiger partial charge in [-0.15, -0.1) is 0 Å². The second-order valence-electron chi connectivity index (χ2n) is 6.17. The highest BCUT2D eigenvalue weighted by molar-refractivity contribution is 5.58. The fourth-order valence-corrected chi connectivity index (χ4v) is 2.68. The number of nitrogens with two attached hydrogens (primary N) is 1. The molecule has 120 valence electrons. The van der Waals surface area contributed by atoms with E-state index >= 15 is 0 Å². The molecule has 7 heteroatoms.